The fraction of sp³-hybridized carbons (Fsp3) is 0.368. The molecule has 1 atom stereocenters. The number of hydrogen-bond donors (Lipinski definition) is 1. The third-order valence-electron chi connectivity index (χ3n) is 4.31. The third kappa shape index (κ3) is 3.27. The van der Waals surface area contributed by atoms with E-state index >= 15 is 0 Å². The summed E-state index contributed by atoms with van der Waals surface area (Å²) in [5.74, 6) is 0. The number of aryl methyl sites for hydroxylation is 2. The van der Waals surface area contributed by atoms with Gasteiger partial charge in [0.2, 0.25) is 0 Å². The van der Waals surface area contributed by atoms with Crippen molar-refractivity contribution < 1.29 is 5.11 Å². The van der Waals surface area contributed by atoms with Crippen molar-refractivity contribution in [3.05, 3.63) is 65.2 Å². The Hall–Kier alpha value is -1.80. The first kappa shape index (κ1) is 14.2. The van der Waals surface area contributed by atoms with Gasteiger partial charge in [-0.05, 0) is 43.4 Å². The summed E-state index contributed by atoms with van der Waals surface area (Å²) in [5.41, 5.74) is 5.15. The summed E-state index contributed by atoms with van der Waals surface area (Å²) >= 11 is 0. The molecule has 1 aliphatic rings. The number of hydrogen-bond acceptors (Lipinski definition) is 2. The molecule has 0 radical (unpaired) electrons. The summed E-state index contributed by atoms with van der Waals surface area (Å²) in [7, 11) is 0. The number of aliphatic hydroxyl groups excluding tert-OH is 1. The Bertz CT molecular complexity index is 594. The van der Waals surface area contributed by atoms with Gasteiger partial charge in [-0.3, -0.25) is 0 Å². The lowest BCUT2D eigenvalue weighted by atomic mass is 9.99. The molecule has 1 unspecified atom stereocenters. The molecule has 110 valence electrons. The van der Waals surface area contributed by atoms with Crippen LogP contribution >= 0.6 is 0 Å². The third-order valence-corrected chi connectivity index (χ3v) is 4.31. The predicted octanol–water partition coefficient (Wildman–Crippen LogP) is 3.87. The summed E-state index contributed by atoms with van der Waals surface area (Å²) in [6, 6.07) is 16.7. The van der Waals surface area contributed by atoms with E-state index in [0.717, 1.165) is 25.1 Å². The van der Waals surface area contributed by atoms with Crippen LogP contribution in [0.3, 0.4) is 0 Å². The van der Waals surface area contributed by atoms with Crippen LogP contribution in [0.25, 0.3) is 0 Å². The predicted molar refractivity (Wildman–Crippen MR) is 87.7 cm³/mol. The zero-order chi connectivity index (χ0) is 14.7. The van der Waals surface area contributed by atoms with Crippen molar-refractivity contribution in [3.63, 3.8) is 0 Å². The molecule has 21 heavy (non-hydrogen) atoms. The minimum atomic E-state index is -0.373. The average molecular weight is 281 g/mol. The maximum atomic E-state index is 10.3. The molecule has 0 spiro atoms. The van der Waals surface area contributed by atoms with Crippen LogP contribution in [0, 0.1) is 6.92 Å². The second-order valence-corrected chi connectivity index (χ2v) is 5.94. The molecule has 0 saturated heterocycles. The van der Waals surface area contributed by atoms with Crippen molar-refractivity contribution in [3.8, 4) is 0 Å². The second-order valence-electron chi connectivity index (χ2n) is 5.94. The van der Waals surface area contributed by atoms with Crippen LogP contribution in [-0.2, 0) is 6.42 Å². The van der Waals surface area contributed by atoms with Crippen LogP contribution in [0.4, 0.5) is 5.69 Å². The quantitative estimate of drug-likeness (QED) is 0.919. The second kappa shape index (κ2) is 6.31. The molecule has 1 heterocycles. The van der Waals surface area contributed by atoms with Gasteiger partial charge in [0.05, 0.1) is 6.10 Å². The molecule has 0 aromatic heterocycles. The highest BCUT2D eigenvalue weighted by Crippen LogP contribution is 2.29. The van der Waals surface area contributed by atoms with Crippen LogP contribution in [0.1, 0.15) is 35.6 Å². The van der Waals surface area contributed by atoms with Gasteiger partial charge in [0.15, 0.2) is 0 Å². The highest BCUT2D eigenvalue weighted by molar-refractivity contribution is 5.56. The van der Waals surface area contributed by atoms with E-state index in [1.807, 2.05) is 30.3 Å². The summed E-state index contributed by atoms with van der Waals surface area (Å²) in [6.45, 7) is 4.15. The monoisotopic (exact) mass is 281 g/mol. The summed E-state index contributed by atoms with van der Waals surface area (Å²) < 4.78 is 0. The fourth-order valence-corrected chi connectivity index (χ4v) is 3.16. The van der Waals surface area contributed by atoms with Crippen molar-refractivity contribution in [2.45, 2.75) is 32.3 Å². The SMILES string of the molecule is Cc1ccc2c(c1)CCCN2CCC(O)c1ccccc1. The number of aliphatic hydroxyl groups is 1. The van der Waals surface area contributed by atoms with E-state index in [0.29, 0.717) is 0 Å². The molecule has 2 aromatic carbocycles. The fourth-order valence-electron chi connectivity index (χ4n) is 3.16. The highest BCUT2D eigenvalue weighted by atomic mass is 16.3. The van der Waals surface area contributed by atoms with Crippen LogP contribution in [0.2, 0.25) is 0 Å². The van der Waals surface area contributed by atoms with Gasteiger partial charge in [0, 0.05) is 18.8 Å². The van der Waals surface area contributed by atoms with Gasteiger partial charge in [-0.15, -0.1) is 0 Å². The minimum Gasteiger partial charge on any atom is -0.388 e. The lowest BCUT2D eigenvalue weighted by Crippen LogP contribution is -2.31. The van der Waals surface area contributed by atoms with Crippen LogP contribution in [0.5, 0.6) is 0 Å². The Morgan fingerprint density at radius 1 is 1.14 bits per heavy atom. The molecule has 2 nitrogen and oxygen atoms in total. The molecule has 0 amide bonds. The Morgan fingerprint density at radius 3 is 2.76 bits per heavy atom. The number of anilines is 1. The summed E-state index contributed by atoms with van der Waals surface area (Å²) in [5, 5.41) is 10.3. The Balaban J connectivity index is 1.67. The molecule has 2 aromatic rings. The van der Waals surface area contributed by atoms with Crippen molar-refractivity contribution >= 4 is 5.69 Å². The van der Waals surface area contributed by atoms with Gasteiger partial charge >= 0.3 is 0 Å². The van der Waals surface area contributed by atoms with Crippen molar-refractivity contribution in [1.29, 1.82) is 0 Å². The molecule has 0 fully saturated rings. The molecule has 0 saturated carbocycles. The smallest absolute Gasteiger partial charge is 0.0806 e. The van der Waals surface area contributed by atoms with E-state index < -0.39 is 0 Å². The average Bonchev–Trinajstić information content (AvgIpc) is 2.53. The van der Waals surface area contributed by atoms with Gasteiger partial charge in [0.1, 0.15) is 0 Å². The topological polar surface area (TPSA) is 23.5 Å². The maximum Gasteiger partial charge on any atom is 0.0806 e. The first-order valence-electron chi connectivity index (χ1n) is 7.81. The molecule has 2 heteroatoms. The molecule has 0 aliphatic carbocycles. The Kier molecular flexibility index (Phi) is 4.26. The number of rotatable bonds is 4. The van der Waals surface area contributed by atoms with E-state index in [2.05, 4.69) is 30.0 Å². The van der Waals surface area contributed by atoms with Gasteiger partial charge in [0.25, 0.3) is 0 Å². The molecular weight excluding hydrogens is 258 g/mol. The van der Waals surface area contributed by atoms with Crippen molar-refractivity contribution in [2.24, 2.45) is 0 Å². The lowest BCUT2D eigenvalue weighted by Gasteiger charge is -2.32. The summed E-state index contributed by atoms with van der Waals surface area (Å²) in [6.07, 6.45) is 2.78. The molecular formula is C19H23NO. The normalized spacial score (nSPS) is 15.6. The zero-order valence-corrected chi connectivity index (χ0v) is 12.6. The molecule has 1 N–H and O–H groups in total. The van der Waals surface area contributed by atoms with Gasteiger partial charge in [-0.1, -0.05) is 48.0 Å². The maximum absolute atomic E-state index is 10.3. The molecule has 3 rings (SSSR count). The van der Waals surface area contributed by atoms with Gasteiger partial charge in [-0.2, -0.15) is 0 Å². The van der Waals surface area contributed by atoms with E-state index in [-0.39, 0.29) is 6.10 Å². The van der Waals surface area contributed by atoms with Gasteiger partial charge < -0.3 is 10.0 Å². The lowest BCUT2D eigenvalue weighted by molar-refractivity contribution is 0.169. The summed E-state index contributed by atoms with van der Waals surface area (Å²) in [4.78, 5) is 2.42. The van der Waals surface area contributed by atoms with E-state index in [9.17, 15) is 5.11 Å². The number of benzene rings is 2. The van der Waals surface area contributed by atoms with Crippen molar-refractivity contribution in [1.82, 2.24) is 0 Å². The Morgan fingerprint density at radius 2 is 1.95 bits per heavy atom. The Labute approximate surface area is 127 Å². The zero-order valence-electron chi connectivity index (χ0n) is 12.6. The number of nitrogens with zero attached hydrogens (tertiary/aromatic N) is 1. The first-order valence-corrected chi connectivity index (χ1v) is 7.81. The van der Waals surface area contributed by atoms with E-state index in [1.165, 1.54) is 29.7 Å². The first-order chi connectivity index (χ1) is 10.2. The molecule has 1 aliphatic heterocycles. The van der Waals surface area contributed by atoms with Crippen LogP contribution < -0.4 is 4.90 Å². The molecule has 0 bridgehead atoms. The standard InChI is InChI=1S/C19H23NO/c1-15-9-10-18-17(14-15)8-5-12-20(18)13-11-19(21)16-6-3-2-4-7-16/h2-4,6-7,9-10,14,19,21H,5,8,11-13H2,1H3. The van der Waals surface area contributed by atoms with Crippen molar-refractivity contribution in [2.75, 3.05) is 18.0 Å². The highest BCUT2D eigenvalue weighted by Gasteiger charge is 2.18. The van der Waals surface area contributed by atoms with E-state index in [1.54, 1.807) is 0 Å². The van der Waals surface area contributed by atoms with E-state index in [4.69, 9.17) is 0 Å². The largest absolute Gasteiger partial charge is 0.388 e. The minimum absolute atomic E-state index is 0.373. The number of fused-ring (bicyclic) bond motifs is 1. The van der Waals surface area contributed by atoms with Crippen LogP contribution in [-0.4, -0.2) is 18.2 Å². The van der Waals surface area contributed by atoms with Crippen LogP contribution in [0.15, 0.2) is 48.5 Å². The van der Waals surface area contributed by atoms with Gasteiger partial charge in [-0.25, -0.2) is 0 Å².